The van der Waals surface area contributed by atoms with Crippen LogP contribution < -0.4 is 5.32 Å². The second kappa shape index (κ2) is 14.6. The Morgan fingerprint density at radius 2 is 1.70 bits per heavy atom. The van der Waals surface area contributed by atoms with Gasteiger partial charge in [-0.3, -0.25) is 9.59 Å². The van der Waals surface area contributed by atoms with Gasteiger partial charge in [0, 0.05) is 37.2 Å². The Morgan fingerprint density at radius 3 is 2.39 bits per heavy atom. The van der Waals surface area contributed by atoms with Crippen LogP contribution in [0, 0.1) is 5.92 Å². The van der Waals surface area contributed by atoms with Gasteiger partial charge >= 0.3 is 5.97 Å². The summed E-state index contributed by atoms with van der Waals surface area (Å²) in [6.45, 7) is 2.41. The number of hydrogen-bond donors (Lipinski definition) is 3. The standard InChI is InChI=1S/C33H36N4O6S/c1-21-28(19-44-33-36-35-20-37(33)2)42-32(43-31(21)24-9-7-22(18-38)8-10-24)25-13-11-23(12-14-25)27-6-4-3-5-26(27)17-34-29(39)15-16-30(40)41/h3-14,20-21,28,31-32,38H,15-19H2,1-2H3,(H,34,39)(H,40,41)/t21-,28+,31+,32+/m0/s1. The lowest BCUT2D eigenvalue weighted by molar-refractivity contribution is -0.268. The van der Waals surface area contributed by atoms with E-state index < -0.39 is 12.3 Å². The zero-order chi connectivity index (χ0) is 31.1. The molecule has 4 aromatic rings. The van der Waals surface area contributed by atoms with Crippen molar-refractivity contribution in [3.63, 3.8) is 0 Å². The first kappa shape index (κ1) is 31.4. The second-order valence-electron chi connectivity index (χ2n) is 10.8. The summed E-state index contributed by atoms with van der Waals surface area (Å²) in [5.74, 6) is -0.584. The molecule has 0 unspecified atom stereocenters. The number of carbonyl (C=O) groups excluding carboxylic acids is 1. The molecule has 44 heavy (non-hydrogen) atoms. The number of aliphatic hydroxyl groups excluding tert-OH is 1. The van der Waals surface area contributed by atoms with Crippen LogP contribution in [0.4, 0.5) is 0 Å². The number of thioether (sulfide) groups is 1. The van der Waals surface area contributed by atoms with Crippen molar-refractivity contribution in [1.29, 1.82) is 0 Å². The maximum absolute atomic E-state index is 12.1. The maximum atomic E-state index is 12.1. The summed E-state index contributed by atoms with van der Waals surface area (Å²) in [5, 5.41) is 30.2. The van der Waals surface area contributed by atoms with Gasteiger partial charge in [0.2, 0.25) is 5.91 Å². The highest BCUT2D eigenvalue weighted by Crippen LogP contribution is 2.43. The van der Waals surface area contributed by atoms with Crippen molar-refractivity contribution in [2.45, 2.75) is 56.6 Å². The number of carboxylic acids is 1. The number of carbonyl (C=O) groups is 2. The smallest absolute Gasteiger partial charge is 0.303 e. The summed E-state index contributed by atoms with van der Waals surface area (Å²) in [4.78, 5) is 22.9. The second-order valence-corrected chi connectivity index (χ2v) is 11.8. The summed E-state index contributed by atoms with van der Waals surface area (Å²) < 4.78 is 15.0. The summed E-state index contributed by atoms with van der Waals surface area (Å²) in [6.07, 6.45) is 0.458. The largest absolute Gasteiger partial charge is 0.481 e. The molecular weight excluding hydrogens is 580 g/mol. The molecule has 1 amide bonds. The molecule has 5 rings (SSSR count). The van der Waals surface area contributed by atoms with Crippen molar-refractivity contribution < 1.29 is 29.3 Å². The Hall–Kier alpha value is -4.03. The maximum Gasteiger partial charge on any atom is 0.303 e. The third-order valence-electron chi connectivity index (χ3n) is 7.72. The molecule has 1 aliphatic rings. The van der Waals surface area contributed by atoms with E-state index in [9.17, 15) is 14.7 Å². The number of aryl methyl sites for hydroxylation is 1. The zero-order valence-corrected chi connectivity index (χ0v) is 25.4. The van der Waals surface area contributed by atoms with E-state index in [-0.39, 0.29) is 43.5 Å². The Labute approximate surface area is 260 Å². The van der Waals surface area contributed by atoms with Gasteiger partial charge in [0.15, 0.2) is 11.4 Å². The number of aliphatic carboxylic acids is 1. The van der Waals surface area contributed by atoms with Gasteiger partial charge < -0.3 is 29.6 Å². The lowest BCUT2D eigenvalue weighted by atomic mass is 9.91. The lowest BCUT2D eigenvalue weighted by Gasteiger charge is -2.41. The summed E-state index contributed by atoms with van der Waals surface area (Å²) in [6, 6.07) is 23.7. The number of rotatable bonds is 12. The first-order chi connectivity index (χ1) is 21.3. The fourth-order valence-electron chi connectivity index (χ4n) is 5.15. The van der Waals surface area contributed by atoms with Crippen LogP contribution >= 0.6 is 11.8 Å². The van der Waals surface area contributed by atoms with Crippen molar-refractivity contribution in [2.24, 2.45) is 13.0 Å². The average Bonchev–Trinajstić information content (AvgIpc) is 3.46. The van der Waals surface area contributed by atoms with Gasteiger partial charge in [0.25, 0.3) is 0 Å². The van der Waals surface area contributed by atoms with Crippen LogP contribution in [0.15, 0.2) is 84.3 Å². The highest BCUT2D eigenvalue weighted by Gasteiger charge is 2.38. The molecular formula is C33H36N4O6S. The Morgan fingerprint density at radius 1 is 0.977 bits per heavy atom. The topological polar surface area (TPSA) is 136 Å². The summed E-state index contributed by atoms with van der Waals surface area (Å²) in [7, 11) is 1.91. The van der Waals surface area contributed by atoms with Crippen LogP contribution in [0.2, 0.25) is 0 Å². The molecule has 0 aliphatic carbocycles. The predicted octanol–water partition coefficient (Wildman–Crippen LogP) is 5.04. The van der Waals surface area contributed by atoms with E-state index in [1.807, 2.05) is 84.4 Å². The van der Waals surface area contributed by atoms with E-state index in [2.05, 4.69) is 22.4 Å². The van der Waals surface area contributed by atoms with Crippen molar-refractivity contribution >= 4 is 23.6 Å². The first-order valence-electron chi connectivity index (χ1n) is 14.5. The average molecular weight is 617 g/mol. The van der Waals surface area contributed by atoms with Crippen molar-refractivity contribution in [1.82, 2.24) is 20.1 Å². The van der Waals surface area contributed by atoms with E-state index in [1.165, 1.54) is 0 Å². The highest BCUT2D eigenvalue weighted by molar-refractivity contribution is 7.99. The molecule has 1 aliphatic heterocycles. The molecule has 0 radical (unpaired) electrons. The fourth-order valence-corrected chi connectivity index (χ4v) is 6.20. The molecule has 230 valence electrons. The highest BCUT2D eigenvalue weighted by atomic mass is 32.2. The van der Waals surface area contributed by atoms with Crippen LogP contribution in [0.1, 0.15) is 54.4 Å². The molecule has 0 spiro atoms. The molecule has 1 fully saturated rings. The fraction of sp³-hybridized carbons (Fsp3) is 0.333. The van der Waals surface area contributed by atoms with Crippen LogP contribution in [0.3, 0.4) is 0 Å². The SMILES string of the molecule is C[C@H]1[C@@H](CSc2nncn2C)O[C@@H](c2ccc(-c3ccccc3CNC(=O)CCC(=O)O)cc2)O[C@H]1c1ccc(CO)cc1. The first-order valence-corrected chi connectivity index (χ1v) is 15.4. The van der Waals surface area contributed by atoms with Gasteiger partial charge in [-0.2, -0.15) is 0 Å². The van der Waals surface area contributed by atoms with Gasteiger partial charge in [0.1, 0.15) is 6.33 Å². The van der Waals surface area contributed by atoms with Gasteiger partial charge in [0.05, 0.1) is 25.2 Å². The predicted molar refractivity (Wildman–Crippen MR) is 165 cm³/mol. The minimum Gasteiger partial charge on any atom is -0.481 e. The van der Waals surface area contributed by atoms with Crippen LogP contribution in [-0.2, 0) is 39.3 Å². The zero-order valence-electron chi connectivity index (χ0n) is 24.6. The summed E-state index contributed by atoms with van der Waals surface area (Å²) in [5.41, 5.74) is 5.61. The van der Waals surface area contributed by atoms with E-state index in [0.717, 1.165) is 38.5 Å². The Bertz CT molecular complexity index is 1560. The minimum atomic E-state index is -0.998. The number of hydrogen-bond acceptors (Lipinski definition) is 8. The minimum absolute atomic E-state index is 0.0172. The normalized spacial score (nSPS) is 19.9. The molecule has 0 bridgehead atoms. The van der Waals surface area contributed by atoms with Gasteiger partial charge in [-0.15, -0.1) is 10.2 Å². The van der Waals surface area contributed by atoms with E-state index >= 15 is 0 Å². The molecule has 11 heteroatoms. The number of amides is 1. The molecule has 3 N–H and O–H groups in total. The third-order valence-corrected chi connectivity index (χ3v) is 8.85. The molecule has 2 heterocycles. The molecule has 4 atom stereocenters. The van der Waals surface area contributed by atoms with Crippen molar-refractivity contribution in [2.75, 3.05) is 5.75 Å². The number of benzene rings is 3. The molecule has 10 nitrogen and oxygen atoms in total. The quantitative estimate of drug-likeness (QED) is 0.187. The third kappa shape index (κ3) is 7.72. The van der Waals surface area contributed by atoms with Crippen molar-refractivity contribution in [3.05, 3.63) is 101 Å². The number of ether oxygens (including phenoxy) is 2. The van der Waals surface area contributed by atoms with Crippen LogP contribution in [0.25, 0.3) is 11.1 Å². The van der Waals surface area contributed by atoms with Crippen molar-refractivity contribution in [3.8, 4) is 11.1 Å². The Kier molecular flexibility index (Phi) is 10.4. The number of nitrogens with one attached hydrogen (secondary N) is 1. The summed E-state index contributed by atoms with van der Waals surface area (Å²) >= 11 is 1.59. The number of carboxylic acid groups (broad SMARTS) is 1. The number of aliphatic hydroxyl groups is 1. The Balaban J connectivity index is 1.34. The van der Waals surface area contributed by atoms with Gasteiger partial charge in [-0.05, 0) is 27.8 Å². The molecule has 3 aromatic carbocycles. The van der Waals surface area contributed by atoms with E-state index in [0.29, 0.717) is 12.3 Å². The lowest BCUT2D eigenvalue weighted by Crippen LogP contribution is -2.38. The monoisotopic (exact) mass is 616 g/mol. The van der Waals surface area contributed by atoms with Gasteiger partial charge in [-0.1, -0.05) is 91.5 Å². The van der Waals surface area contributed by atoms with E-state index in [4.69, 9.17) is 14.6 Å². The number of aromatic nitrogens is 3. The van der Waals surface area contributed by atoms with E-state index in [1.54, 1.807) is 18.1 Å². The molecule has 1 saturated heterocycles. The van der Waals surface area contributed by atoms with Crippen LogP contribution in [-0.4, -0.2) is 48.7 Å². The number of nitrogens with zero attached hydrogens (tertiary/aromatic N) is 3. The van der Waals surface area contributed by atoms with Crippen LogP contribution in [0.5, 0.6) is 0 Å². The van der Waals surface area contributed by atoms with Gasteiger partial charge in [-0.25, -0.2) is 0 Å². The molecule has 1 aromatic heterocycles. The molecule has 0 saturated carbocycles.